The van der Waals surface area contributed by atoms with Crippen LogP contribution in [0.2, 0.25) is 0 Å². The van der Waals surface area contributed by atoms with Gasteiger partial charge in [0.05, 0.1) is 6.61 Å². The molecule has 2 N–H and O–H groups in total. The maximum Gasteiger partial charge on any atom is 0.241 e. The summed E-state index contributed by atoms with van der Waals surface area (Å²) in [5, 5.41) is 0. The molecule has 0 spiro atoms. The summed E-state index contributed by atoms with van der Waals surface area (Å²) in [4.78, 5) is 16.8. The van der Waals surface area contributed by atoms with Gasteiger partial charge in [-0.15, -0.1) is 24.8 Å². The molecular weight excluding hydrogens is 337 g/mol. The van der Waals surface area contributed by atoms with Crippen LogP contribution in [0.4, 0.5) is 0 Å². The molecule has 2 saturated heterocycles. The van der Waals surface area contributed by atoms with Crippen molar-refractivity contribution >= 4 is 30.7 Å². The van der Waals surface area contributed by atoms with E-state index < -0.39 is 6.04 Å². The van der Waals surface area contributed by atoms with Gasteiger partial charge in [-0.25, -0.2) is 0 Å². The fourth-order valence-electron chi connectivity index (χ4n) is 3.51. The molecule has 23 heavy (non-hydrogen) atoms. The van der Waals surface area contributed by atoms with E-state index in [9.17, 15) is 4.79 Å². The number of amides is 1. The minimum Gasteiger partial charge on any atom is -0.383 e. The van der Waals surface area contributed by atoms with Gasteiger partial charge in [0.25, 0.3) is 0 Å². The number of carbonyl (C=O) groups is 1. The summed E-state index contributed by atoms with van der Waals surface area (Å²) in [6.07, 6.45) is 4.96. The van der Waals surface area contributed by atoms with Crippen molar-refractivity contribution in [3.63, 3.8) is 0 Å². The number of ether oxygens (including phenoxy) is 1. The van der Waals surface area contributed by atoms with Crippen molar-refractivity contribution in [1.29, 1.82) is 0 Å². The first-order valence-electron chi connectivity index (χ1n) is 8.35. The molecule has 0 aliphatic carbocycles. The third kappa shape index (κ3) is 7.14. The van der Waals surface area contributed by atoms with Crippen molar-refractivity contribution in [3.05, 3.63) is 0 Å². The lowest BCUT2D eigenvalue weighted by Crippen LogP contribution is -2.51. The average Bonchev–Trinajstić information content (AvgIpc) is 2.49. The van der Waals surface area contributed by atoms with Gasteiger partial charge >= 0.3 is 0 Å². The third-order valence-corrected chi connectivity index (χ3v) is 4.89. The normalized spacial score (nSPS) is 24.5. The number of hydrogen-bond acceptors (Lipinski definition) is 4. The molecule has 1 amide bonds. The minimum atomic E-state index is -0.510. The molecule has 2 rings (SSSR count). The minimum absolute atomic E-state index is 0. The SMILES string of the molecule is COCC(N)C(=O)N1CCCC(CN2CCC(C)CC2)C1.Cl.Cl. The molecule has 0 saturated carbocycles. The fraction of sp³-hybridized carbons (Fsp3) is 0.938. The molecule has 5 nitrogen and oxygen atoms in total. The summed E-state index contributed by atoms with van der Waals surface area (Å²) < 4.78 is 4.99. The highest BCUT2D eigenvalue weighted by Gasteiger charge is 2.28. The van der Waals surface area contributed by atoms with E-state index in [4.69, 9.17) is 10.5 Å². The van der Waals surface area contributed by atoms with Gasteiger partial charge in [0.15, 0.2) is 0 Å². The zero-order valence-corrected chi connectivity index (χ0v) is 16.0. The van der Waals surface area contributed by atoms with E-state index in [0.717, 1.165) is 32.0 Å². The number of hydrogen-bond donors (Lipinski definition) is 1. The number of carbonyl (C=O) groups excluding carboxylic acids is 1. The monoisotopic (exact) mass is 369 g/mol. The number of nitrogens with zero attached hydrogens (tertiary/aromatic N) is 2. The number of nitrogens with two attached hydrogens (primary N) is 1. The van der Waals surface area contributed by atoms with Gasteiger partial charge < -0.3 is 20.3 Å². The molecule has 2 unspecified atom stereocenters. The van der Waals surface area contributed by atoms with Crippen LogP contribution in [0.15, 0.2) is 0 Å². The summed E-state index contributed by atoms with van der Waals surface area (Å²) in [6, 6.07) is -0.510. The lowest BCUT2D eigenvalue weighted by atomic mass is 9.94. The van der Waals surface area contributed by atoms with Gasteiger partial charge in [-0.3, -0.25) is 4.79 Å². The quantitative estimate of drug-likeness (QED) is 0.802. The number of methoxy groups -OCH3 is 1. The maximum absolute atomic E-state index is 12.3. The van der Waals surface area contributed by atoms with E-state index in [1.807, 2.05) is 4.90 Å². The van der Waals surface area contributed by atoms with Crippen LogP contribution in [0.5, 0.6) is 0 Å². The smallest absolute Gasteiger partial charge is 0.241 e. The van der Waals surface area contributed by atoms with Gasteiger partial charge in [0, 0.05) is 26.7 Å². The second-order valence-corrected chi connectivity index (χ2v) is 6.84. The van der Waals surface area contributed by atoms with Gasteiger partial charge in [0.2, 0.25) is 5.91 Å². The maximum atomic E-state index is 12.3. The molecule has 2 heterocycles. The van der Waals surface area contributed by atoms with Crippen LogP contribution in [0.25, 0.3) is 0 Å². The number of rotatable bonds is 5. The van der Waals surface area contributed by atoms with Crippen molar-refractivity contribution in [2.45, 2.75) is 38.6 Å². The van der Waals surface area contributed by atoms with Gasteiger partial charge in [-0.05, 0) is 50.6 Å². The molecule has 0 aromatic heterocycles. The Bertz CT molecular complexity index is 339. The summed E-state index contributed by atoms with van der Waals surface area (Å²) in [6.45, 7) is 7.94. The molecule has 0 aromatic rings. The Morgan fingerprint density at radius 2 is 1.87 bits per heavy atom. The number of likely N-dealkylation sites (tertiary alicyclic amines) is 2. The van der Waals surface area contributed by atoms with Crippen LogP contribution >= 0.6 is 24.8 Å². The Balaban J connectivity index is 0.00000242. The predicted octanol–water partition coefficient (Wildman–Crippen LogP) is 1.77. The van der Waals surface area contributed by atoms with E-state index >= 15 is 0 Å². The number of piperidine rings is 2. The van der Waals surface area contributed by atoms with Gasteiger partial charge in [-0.2, -0.15) is 0 Å². The standard InChI is InChI=1S/C16H31N3O2.2ClH/c1-13-5-8-18(9-6-13)10-14-4-3-7-19(11-14)16(20)15(17)12-21-2;;/h13-15H,3-12,17H2,1-2H3;2*1H. The molecule has 0 bridgehead atoms. The molecule has 2 fully saturated rings. The molecule has 0 aromatic carbocycles. The Morgan fingerprint density at radius 3 is 2.48 bits per heavy atom. The zero-order valence-electron chi connectivity index (χ0n) is 14.4. The van der Waals surface area contributed by atoms with E-state index in [-0.39, 0.29) is 30.7 Å². The Hall–Kier alpha value is -0.0700. The molecular formula is C16H33Cl2N3O2. The number of halogens is 2. The summed E-state index contributed by atoms with van der Waals surface area (Å²) in [5.74, 6) is 1.53. The molecule has 138 valence electrons. The molecule has 0 radical (unpaired) electrons. The van der Waals surface area contributed by atoms with Crippen molar-refractivity contribution in [2.24, 2.45) is 17.6 Å². The highest BCUT2D eigenvalue weighted by atomic mass is 35.5. The van der Waals surface area contributed by atoms with Crippen LogP contribution in [0.1, 0.15) is 32.6 Å². The highest BCUT2D eigenvalue weighted by molar-refractivity contribution is 5.85. The topological polar surface area (TPSA) is 58.8 Å². The lowest BCUT2D eigenvalue weighted by molar-refractivity contribution is -0.135. The fourth-order valence-corrected chi connectivity index (χ4v) is 3.51. The van der Waals surface area contributed by atoms with Crippen LogP contribution in [-0.4, -0.2) is 68.2 Å². The Labute approximate surface area is 153 Å². The highest BCUT2D eigenvalue weighted by Crippen LogP contribution is 2.22. The van der Waals surface area contributed by atoms with Crippen LogP contribution in [0.3, 0.4) is 0 Å². The molecule has 7 heteroatoms. The van der Waals surface area contributed by atoms with Gasteiger partial charge in [-0.1, -0.05) is 6.92 Å². The first kappa shape index (κ1) is 22.9. The van der Waals surface area contributed by atoms with Crippen molar-refractivity contribution in [2.75, 3.05) is 46.4 Å². The van der Waals surface area contributed by atoms with Crippen molar-refractivity contribution < 1.29 is 9.53 Å². The van der Waals surface area contributed by atoms with Crippen molar-refractivity contribution in [1.82, 2.24) is 9.80 Å². The van der Waals surface area contributed by atoms with Crippen LogP contribution in [0, 0.1) is 11.8 Å². The summed E-state index contributed by atoms with van der Waals surface area (Å²) in [5.41, 5.74) is 5.88. The summed E-state index contributed by atoms with van der Waals surface area (Å²) in [7, 11) is 1.59. The zero-order chi connectivity index (χ0) is 15.2. The summed E-state index contributed by atoms with van der Waals surface area (Å²) >= 11 is 0. The van der Waals surface area contributed by atoms with E-state index in [1.54, 1.807) is 7.11 Å². The van der Waals surface area contributed by atoms with E-state index in [2.05, 4.69) is 11.8 Å². The van der Waals surface area contributed by atoms with E-state index in [0.29, 0.717) is 12.5 Å². The lowest BCUT2D eigenvalue weighted by Gasteiger charge is -2.38. The Kier molecular flexibility index (Phi) is 11.4. The van der Waals surface area contributed by atoms with Crippen molar-refractivity contribution in [3.8, 4) is 0 Å². The molecule has 2 aliphatic heterocycles. The molecule has 2 aliphatic rings. The average molecular weight is 370 g/mol. The van der Waals surface area contributed by atoms with Gasteiger partial charge in [0.1, 0.15) is 6.04 Å². The second-order valence-electron chi connectivity index (χ2n) is 6.84. The second kappa shape index (κ2) is 11.5. The Morgan fingerprint density at radius 1 is 1.22 bits per heavy atom. The molecule has 2 atom stereocenters. The van der Waals surface area contributed by atoms with Crippen LogP contribution in [-0.2, 0) is 9.53 Å². The third-order valence-electron chi connectivity index (χ3n) is 4.89. The van der Waals surface area contributed by atoms with E-state index in [1.165, 1.54) is 32.4 Å². The largest absolute Gasteiger partial charge is 0.383 e. The predicted molar refractivity (Wildman–Crippen MR) is 98.5 cm³/mol. The first-order valence-corrected chi connectivity index (χ1v) is 8.35. The van der Waals surface area contributed by atoms with Crippen LogP contribution < -0.4 is 5.73 Å². The first-order chi connectivity index (χ1) is 10.1.